The summed E-state index contributed by atoms with van der Waals surface area (Å²) in [7, 11) is 3.97. The molecule has 0 saturated heterocycles. The van der Waals surface area contributed by atoms with Crippen molar-refractivity contribution >= 4 is 11.6 Å². The van der Waals surface area contributed by atoms with E-state index < -0.39 is 0 Å². The van der Waals surface area contributed by atoms with E-state index in [0.29, 0.717) is 18.2 Å². The molecule has 2 aromatic rings. The molecule has 5 nitrogen and oxygen atoms in total. The zero-order valence-corrected chi connectivity index (χ0v) is 9.88. The van der Waals surface area contributed by atoms with Crippen molar-refractivity contribution in [3.05, 3.63) is 36.0 Å². The zero-order chi connectivity index (χ0) is 12.3. The van der Waals surface area contributed by atoms with Crippen LogP contribution in [0.3, 0.4) is 0 Å². The summed E-state index contributed by atoms with van der Waals surface area (Å²) in [5.74, 6) is 1.09. The number of nitrogens with zero attached hydrogens (tertiary/aromatic N) is 2. The van der Waals surface area contributed by atoms with Crippen LogP contribution in [0, 0.1) is 0 Å². The predicted octanol–water partition coefficient (Wildman–Crippen LogP) is 1.90. The summed E-state index contributed by atoms with van der Waals surface area (Å²) >= 11 is 0. The summed E-state index contributed by atoms with van der Waals surface area (Å²) < 4.78 is 10.3. The smallest absolute Gasteiger partial charge is 0.222 e. The molecule has 0 aliphatic heterocycles. The molecule has 5 heteroatoms. The second-order valence-corrected chi connectivity index (χ2v) is 3.90. The molecule has 2 rings (SSSR count). The number of nitrogens with two attached hydrogens (primary N) is 1. The highest BCUT2D eigenvalue weighted by atomic mass is 16.5. The first kappa shape index (κ1) is 11.3. The highest BCUT2D eigenvalue weighted by Crippen LogP contribution is 2.20. The summed E-state index contributed by atoms with van der Waals surface area (Å²) in [5.41, 5.74) is 7.18. The summed E-state index contributed by atoms with van der Waals surface area (Å²) in [5, 5.41) is 3.75. The van der Waals surface area contributed by atoms with Gasteiger partial charge in [-0.15, -0.1) is 0 Å². The van der Waals surface area contributed by atoms with E-state index in [1.165, 1.54) is 0 Å². The van der Waals surface area contributed by atoms with E-state index >= 15 is 0 Å². The van der Waals surface area contributed by atoms with Gasteiger partial charge in [0.25, 0.3) is 0 Å². The Kier molecular flexibility index (Phi) is 3.18. The molecular weight excluding hydrogens is 218 g/mol. The number of nitrogen functional groups attached to an aromatic ring is 1. The fourth-order valence-corrected chi connectivity index (χ4v) is 1.41. The molecule has 0 saturated carbocycles. The normalized spacial score (nSPS) is 10.2. The lowest BCUT2D eigenvalue weighted by atomic mass is 10.3. The van der Waals surface area contributed by atoms with Crippen LogP contribution in [-0.4, -0.2) is 19.3 Å². The van der Waals surface area contributed by atoms with Crippen LogP contribution < -0.4 is 15.4 Å². The average molecular weight is 233 g/mol. The monoisotopic (exact) mass is 233 g/mol. The van der Waals surface area contributed by atoms with E-state index in [4.69, 9.17) is 15.0 Å². The first-order chi connectivity index (χ1) is 8.15. The maximum Gasteiger partial charge on any atom is 0.222 e. The summed E-state index contributed by atoms with van der Waals surface area (Å²) in [4.78, 5) is 2.01. The van der Waals surface area contributed by atoms with Gasteiger partial charge in [0, 0.05) is 31.9 Å². The number of benzene rings is 1. The molecule has 17 heavy (non-hydrogen) atoms. The van der Waals surface area contributed by atoms with E-state index in [0.717, 1.165) is 11.4 Å². The van der Waals surface area contributed by atoms with E-state index in [2.05, 4.69) is 5.16 Å². The van der Waals surface area contributed by atoms with Crippen molar-refractivity contribution in [3.8, 4) is 5.75 Å². The Morgan fingerprint density at radius 1 is 1.35 bits per heavy atom. The minimum absolute atomic E-state index is 0.297. The molecule has 90 valence electrons. The van der Waals surface area contributed by atoms with Crippen molar-refractivity contribution in [1.82, 2.24) is 5.16 Å². The van der Waals surface area contributed by atoms with Crippen LogP contribution in [0.15, 0.2) is 34.9 Å². The third-order valence-electron chi connectivity index (χ3n) is 2.30. The lowest BCUT2D eigenvalue weighted by Crippen LogP contribution is -2.08. The molecular formula is C12H15N3O2. The second-order valence-electron chi connectivity index (χ2n) is 3.90. The lowest BCUT2D eigenvalue weighted by molar-refractivity contribution is 0.290. The second kappa shape index (κ2) is 4.78. The van der Waals surface area contributed by atoms with Gasteiger partial charge in [0.2, 0.25) is 5.88 Å². The topological polar surface area (TPSA) is 64.5 Å². The molecule has 1 heterocycles. The number of ether oxygens (including phenoxy) is 1. The Labute approximate surface area is 99.8 Å². The molecule has 0 spiro atoms. The molecule has 0 amide bonds. The van der Waals surface area contributed by atoms with Gasteiger partial charge in [-0.05, 0) is 12.1 Å². The maximum absolute atomic E-state index is 5.59. The fraction of sp³-hybridized carbons (Fsp3) is 0.250. The van der Waals surface area contributed by atoms with Crippen LogP contribution in [0.5, 0.6) is 5.75 Å². The number of hydrogen-bond donors (Lipinski definition) is 1. The van der Waals surface area contributed by atoms with Gasteiger partial charge in [-0.3, -0.25) is 0 Å². The quantitative estimate of drug-likeness (QED) is 0.873. The molecule has 0 atom stereocenters. The van der Waals surface area contributed by atoms with Crippen molar-refractivity contribution in [2.24, 2.45) is 0 Å². The standard InChI is InChI=1S/C12H15N3O2/c1-15(2)10-4-3-5-11(7-10)16-8-9-6-12(13)17-14-9/h3-7H,8,13H2,1-2H3. The predicted molar refractivity (Wildman–Crippen MR) is 66.0 cm³/mol. The summed E-state index contributed by atoms with van der Waals surface area (Å²) in [6, 6.07) is 9.47. The lowest BCUT2D eigenvalue weighted by Gasteiger charge is -2.13. The maximum atomic E-state index is 5.59. The Bertz CT molecular complexity index is 494. The van der Waals surface area contributed by atoms with Gasteiger partial charge in [-0.25, -0.2) is 0 Å². The van der Waals surface area contributed by atoms with Gasteiger partial charge in [0.15, 0.2) is 0 Å². The molecule has 0 bridgehead atoms. The van der Waals surface area contributed by atoms with Gasteiger partial charge in [0.1, 0.15) is 18.1 Å². The van der Waals surface area contributed by atoms with Gasteiger partial charge in [-0.2, -0.15) is 0 Å². The molecule has 1 aromatic carbocycles. The molecule has 2 N–H and O–H groups in total. The molecule has 0 fully saturated rings. The highest BCUT2D eigenvalue weighted by molar-refractivity contribution is 5.49. The van der Waals surface area contributed by atoms with Crippen LogP contribution in [0.25, 0.3) is 0 Å². The van der Waals surface area contributed by atoms with Gasteiger partial charge in [-0.1, -0.05) is 11.2 Å². The van der Waals surface area contributed by atoms with Crippen molar-refractivity contribution in [2.75, 3.05) is 24.7 Å². The van der Waals surface area contributed by atoms with E-state index in [9.17, 15) is 0 Å². The van der Waals surface area contributed by atoms with E-state index in [-0.39, 0.29) is 0 Å². The van der Waals surface area contributed by atoms with Crippen molar-refractivity contribution in [3.63, 3.8) is 0 Å². The molecule has 0 aliphatic carbocycles. The molecule has 0 unspecified atom stereocenters. The zero-order valence-electron chi connectivity index (χ0n) is 9.88. The number of aromatic nitrogens is 1. The third-order valence-corrected chi connectivity index (χ3v) is 2.30. The average Bonchev–Trinajstić information content (AvgIpc) is 2.73. The SMILES string of the molecule is CN(C)c1cccc(OCc2cc(N)on2)c1. The largest absolute Gasteiger partial charge is 0.487 e. The summed E-state index contributed by atoms with van der Waals surface area (Å²) in [6.45, 7) is 0.345. The van der Waals surface area contributed by atoms with Crippen LogP contribution in [0.2, 0.25) is 0 Å². The third kappa shape index (κ3) is 2.90. The van der Waals surface area contributed by atoms with Crippen LogP contribution in [0.1, 0.15) is 5.69 Å². The Balaban J connectivity index is 2.01. The van der Waals surface area contributed by atoms with E-state index in [1.54, 1.807) is 6.07 Å². The molecule has 0 radical (unpaired) electrons. The van der Waals surface area contributed by atoms with Crippen LogP contribution in [0.4, 0.5) is 11.6 Å². The van der Waals surface area contributed by atoms with Crippen LogP contribution in [-0.2, 0) is 6.61 Å². The Hall–Kier alpha value is -2.17. The minimum atomic E-state index is 0.297. The van der Waals surface area contributed by atoms with E-state index in [1.807, 2.05) is 43.3 Å². The first-order valence-electron chi connectivity index (χ1n) is 5.26. The van der Waals surface area contributed by atoms with Gasteiger partial charge in [0.05, 0.1) is 0 Å². The Morgan fingerprint density at radius 2 is 2.18 bits per heavy atom. The Morgan fingerprint density at radius 3 is 2.82 bits per heavy atom. The molecule has 1 aromatic heterocycles. The van der Waals surface area contributed by atoms with Crippen molar-refractivity contribution in [2.45, 2.75) is 6.61 Å². The molecule has 0 aliphatic rings. The number of hydrogen-bond acceptors (Lipinski definition) is 5. The number of rotatable bonds is 4. The number of anilines is 2. The first-order valence-corrected chi connectivity index (χ1v) is 5.26. The fourth-order valence-electron chi connectivity index (χ4n) is 1.41. The van der Waals surface area contributed by atoms with Gasteiger partial charge < -0.3 is 19.9 Å². The minimum Gasteiger partial charge on any atom is -0.487 e. The summed E-state index contributed by atoms with van der Waals surface area (Å²) in [6.07, 6.45) is 0. The van der Waals surface area contributed by atoms with Crippen molar-refractivity contribution < 1.29 is 9.26 Å². The van der Waals surface area contributed by atoms with Crippen LogP contribution >= 0.6 is 0 Å². The van der Waals surface area contributed by atoms with Crippen molar-refractivity contribution in [1.29, 1.82) is 0 Å². The van der Waals surface area contributed by atoms with Gasteiger partial charge >= 0.3 is 0 Å². The highest BCUT2D eigenvalue weighted by Gasteiger charge is 2.03.